The van der Waals surface area contributed by atoms with Gasteiger partial charge in [0.05, 0.1) is 27.7 Å². The van der Waals surface area contributed by atoms with Crippen LogP contribution in [0.3, 0.4) is 0 Å². The maximum Gasteiger partial charge on any atom is 0.349 e. The molecule has 0 bridgehead atoms. The third-order valence-electron chi connectivity index (χ3n) is 7.40. The summed E-state index contributed by atoms with van der Waals surface area (Å²) in [7, 11) is 0. The first-order valence-corrected chi connectivity index (χ1v) is 13.6. The van der Waals surface area contributed by atoms with E-state index in [0.29, 0.717) is 37.5 Å². The third kappa shape index (κ3) is 4.27. The number of likely N-dealkylation sites (tertiary alicyclic amines) is 2. The zero-order chi connectivity index (χ0) is 26.7. The fourth-order valence-corrected chi connectivity index (χ4v) is 6.31. The van der Waals surface area contributed by atoms with E-state index in [4.69, 9.17) is 32.4 Å². The molecule has 38 heavy (non-hydrogen) atoms. The molecule has 3 saturated heterocycles. The molecule has 3 fully saturated rings. The second kappa shape index (κ2) is 9.51. The summed E-state index contributed by atoms with van der Waals surface area (Å²) in [5, 5.41) is 7.76. The SMILES string of the molecule is O=C(c1cncs1)N1CC(c2nnc(C(F)(F)c3ccc(Cl)c(Cl)c3)o2)C2(C1)CN(C(=O)[C@H]1CCCO1)C2. The lowest BCUT2D eigenvalue weighted by Crippen LogP contribution is -2.63. The molecule has 1 unspecified atom stereocenters. The summed E-state index contributed by atoms with van der Waals surface area (Å²) >= 11 is 13.0. The molecule has 0 radical (unpaired) electrons. The van der Waals surface area contributed by atoms with Gasteiger partial charge in [-0.05, 0) is 25.0 Å². The fraction of sp³-hybridized carbons (Fsp3) is 0.458. The standard InChI is InChI=1S/C24H21Cl2F2N5O4S/c25-15-4-3-13(6-16(15)26)24(27,28)22-31-30-19(37-22)14-8-32(21(35)18-7-29-12-38-18)9-23(14)10-33(11-23)20(34)17-2-1-5-36-17/h3-4,6-7,12,14,17H,1-2,5,8-11H2/t14?,17-/m1/s1. The van der Waals surface area contributed by atoms with Crippen molar-refractivity contribution in [3.8, 4) is 0 Å². The van der Waals surface area contributed by atoms with Crippen molar-refractivity contribution >= 4 is 46.4 Å². The van der Waals surface area contributed by atoms with Crippen LogP contribution in [0.25, 0.3) is 0 Å². The highest BCUT2D eigenvalue weighted by molar-refractivity contribution is 7.11. The van der Waals surface area contributed by atoms with E-state index in [1.165, 1.54) is 23.6 Å². The fourth-order valence-electron chi connectivity index (χ4n) is 5.42. The maximum absolute atomic E-state index is 15.3. The average Bonchev–Trinajstić information content (AvgIpc) is 3.68. The Kier molecular flexibility index (Phi) is 6.41. The molecule has 2 atom stereocenters. The van der Waals surface area contributed by atoms with Gasteiger partial charge >= 0.3 is 5.92 Å². The number of carbonyl (C=O) groups excluding carboxylic acids is 2. The van der Waals surface area contributed by atoms with Crippen LogP contribution >= 0.6 is 34.5 Å². The summed E-state index contributed by atoms with van der Waals surface area (Å²) in [5.74, 6) is -5.39. The van der Waals surface area contributed by atoms with E-state index in [2.05, 4.69) is 15.2 Å². The number of alkyl halides is 2. The van der Waals surface area contributed by atoms with Crippen LogP contribution in [0.5, 0.6) is 0 Å². The number of hydrogen-bond acceptors (Lipinski definition) is 8. The first-order valence-electron chi connectivity index (χ1n) is 11.9. The molecular weight excluding hydrogens is 563 g/mol. The van der Waals surface area contributed by atoms with Gasteiger partial charge in [-0.3, -0.25) is 14.6 Å². The van der Waals surface area contributed by atoms with Crippen LogP contribution in [0.4, 0.5) is 8.78 Å². The van der Waals surface area contributed by atoms with Gasteiger partial charge in [-0.25, -0.2) is 0 Å². The molecule has 3 aromatic rings. The number of rotatable bonds is 5. The van der Waals surface area contributed by atoms with Crippen LogP contribution in [0, 0.1) is 5.41 Å². The molecule has 0 aliphatic carbocycles. The van der Waals surface area contributed by atoms with Gasteiger partial charge in [-0.15, -0.1) is 21.5 Å². The minimum atomic E-state index is -3.62. The quantitative estimate of drug-likeness (QED) is 0.443. The van der Waals surface area contributed by atoms with Gasteiger partial charge in [-0.2, -0.15) is 8.78 Å². The van der Waals surface area contributed by atoms with E-state index < -0.39 is 34.8 Å². The molecule has 3 aliphatic heterocycles. The van der Waals surface area contributed by atoms with Gasteiger partial charge in [0.1, 0.15) is 11.0 Å². The van der Waals surface area contributed by atoms with E-state index in [-0.39, 0.29) is 34.3 Å². The Balaban J connectivity index is 1.28. The number of thiazole rings is 1. The van der Waals surface area contributed by atoms with Crippen LogP contribution in [-0.4, -0.2) is 75.7 Å². The smallest absolute Gasteiger partial charge is 0.349 e. The molecule has 1 spiro atoms. The monoisotopic (exact) mass is 583 g/mol. The Hall–Kier alpha value is -2.67. The van der Waals surface area contributed by atoms with Crippen LogP contribution in [0.2, 0.25) is 10.0 Å². The van der Waals surface area contributed by atoms with Gasteiger partial charge in [0.25, 0.3) is 17.7 Å². The Morgan fingerprint density at radius 3 is 2.61 bits per heavy atom. The molecule has 2 aromatic heterocycles. The highest BCUT2D eigenvalue weighted by atomic mass is 35.5. The number of ether oxygens (including phenoxy) is 1. The highest BCUT2D eigenvalue weighted by Gasteiger charge is 2.59. The summed E-state index contributed by atoms with van der Waals surface area (Å²) in [5.41, 5.74) is 0.511. The molecule has 0 saturated carbocycles. The molecule has 5 heterocycles. The first kappa shape index (κ1) is 25.6. The number of benzene rings is 1. The zero-order valence-electron chi connectivity index (χ0n) is 19.8. The number of carbonyl (C=O) groups is 2. The van der Waals surface area contributed by atoms with E-state index in [1.54, 1.807) is 15.3 Å². The predicted octanol–water partition coefficient (Wildman–Crippen LogP) is 4.22. The molecule has 0 N–H and O–H groups in total. The van der Waals surface area contributed by atoms with Gasteiger partial charge in [0.15, 0.2) is 0 Å². The topological polar surface area (TPSA) is 102 Å². The Labute approximate surface area is 229 Å². The van der Waals surface area contributed by atoms with Crippen LogP contribution in [-0.2, 0) is 15.5 Å². The third-order valence-corrected chi connectivity index (χ3v) is 8.90. The molecular formula is C24H21Cl2F2N5O4S. The number of halogens is 4. The lowest BCUT2D eigenvalue weighted by molar-refractivity contribution is -0.153. The van der Waals surface area contributed by atoms with E-state index >= 15 is 8.78 Å². The highest BCUT2D eigenvalue weighted by Crippen LogP contribution is 2.50. The first-order chi connectivity index (χ1) is 18.2. The Morgan fingerprint density at radius 1 is 1.13 bits per heavy atom. The van der Waals surface area contributed by atoms with Crippen molar-refractivity contribution in [2.45, 2.75) is 30.8 Å². The van der Waals surface area contributed by atoms with E-state index in [9.17, 15) is 9.59 Å². The van der Waals surface area contributed by atoms with Gasteiger partial charge in [-0.1, -0.05) is 29.3 Å². The van der Waals surface area contributed by atoms with Crippen molar-refractivity contribution < 1.29 is 27.5 Å². The number of nitrogens with zero attached hydrogens (tertiary/aromatic N) is 5. The zero-order valence-corrected chi connectivity index (χ0v) is 22.1. The summed E-state index contributed by atoms with van der Waals surface area (Å²) in [6, 6.07) is 3.47. The number of amides is 2. The van der Waals surface area contributed by atoms with Crippen LogP contribution in [0.15, 0.2) is 34.3 Å². The van der Waals surface area contributed by atoms with E-state index in [0.717, 1.165) is 18.6 Å². The van der Waals surface area contributed by atoms with Crippen molar-refractivity contribution in [1.29, 1.82) is 0 Å². The van der Waals surface area contributed by atoms with Crippen molar-refractivity contribution in [2.24, 2.45) is 5.41 Å². The van der Waals surface area contributed by atoms with Gasteiger partial charge < -0.3 is 19.0 Å². The summed E-state index contributed by atoms with van der Waals surface area (Å²) < 4.78 is 41.7. The average molecular weight is 584 g/mol. The normalized spacial score (nSPS) is 22.7. The van der Waals surface area contributed by atoms with Crippen molar-refractivity contribution in [2.75, 3.05) is 32.8 Å². The molecule has 200 valence electrons. The molecule has 2 amide bonds. The maximum atomic E-state index is 15.3. The number of aromatic nitrogens is 3. The van der Waals surface area contributed by atoms with Crippen molar-refractivity contribution in [3.05, 3.63) is 62.2 Å². The molecule has 14 heteroatoms. The lowest BCUT2D eigenvalue weighted by Gasteiger charge is -2.50. The molecule has 3 aliphatic rings. The second-order valence-electron chi connectivity index (χ2n) is 9.81. The molecule has 1 aromatic carbocycles. The minimum Gasteiger partial charge on any atom is -0.419 e. The largest absolute Gasteiger partial charge is 0.419 e. The molecule has 6 rings (SSSR count). The summed E-state index contributed by atoms with van der Waals surface area (Å²) in [6.45, 7) is 1.68. The summed E-state index contributed by atoms with van der Waals surface area (Å²) in [6.07, 6.45) is 2.51. The van der Waals surface area contributed by atoms with Gasteiger partial charge in [0.2, 0.25) is 5.89 Å². The Bertz CT molecular complexity index is 1380. The molecule has 9 nitrogen and oxygen atoms in total. The van der Waals surface area contributed by atoms with Crippen molar-refractivity contribution in [1.82, 2.24) is 25.0 Å². The predicted molar refractivity (Wildman–Crippen MR) is 133 cm³/mol. The van der Waals surface area contributed by atoms with Crippen LogP contribution in [0.1, 0.15) is 45.8 Å². The number of hydrogen-bond donors (Lipinski definition) is 0. The van der Waals surface area contributed by atoms with Crippen LogP contribution < -0.4 is 0 Å². The minimum absolute atomic E-state index is 0.0106. The second-order valence-corrected chi connectivity index (χ2v) is 11.5. The van der Waals surface area contributed by atoms with E-state index in [1.807, 2.05) is 0 Å². The summed E-state index contributed by atoms with van der Waals surface area (Å²) in [4.78, 5) is 33.8. The lowest BCUT2D eigenvalue weighted by atomic mass is 9.71. The van der Waals surface area contributed by atoms with Gasteiger partial charge in [0, 0.05) is 43.8 Å². The van der Waals surface area contributed by atoms with Crippen molar-refractivity contribution in [3.63, 3.8) is 0 Å². The Morgan fingerprint density at radius 2 is 1.92 bits per heavy atom.